The highest BCUT2D eigenvalue weighted by atomic mass is 35.5. The molecule has 5 nitrogen and oxygen atoms in total. The normalized spacial score (nSPS) is 11.2. The predicted octanol–water partition coefficient (Wildman–Crippen LogP) is 1.13. The van der Waals surface area contributed by atoms with Crippen LogP contribution in [0.1, 0.15) is 0 Å². The van der Waals surface area contributed by atoms with Crippen LogP contribution in [0.5, 0.6) is 0 Å². The van der Waals surface area contributed by atoms with Crippen LogP contribution in [0.3, 0.4) is 0 Å². The lowest BCUT2D eigenvalue weighted by Crippen LogP contribution is -2.34. The van der Waals surface area contributed by atoms with Gasteiger partial charge in [0.2, 0.25) is 0 Å². The topological polar surface area (TPSA) is 74.7 Å². The minimum absolute atomic E-state index is 0.0570. The molecule has 108 valence electrons. The average molecular weight is 316 g/mol. The van der Waals surface area contributed by atoms with Crippen molar-refractivity contribution in [2.75, 3.05) is 25.4 Å². The van der Waals surface area contributed by atoms with E-state index in [1.54, 1.807) is 0 Å². The SMILES string of the molecule is C#CCN(CCS(=O)(=O)c1ccc(Cl)cc1)CC(=O)O. The molecule has 0 unspecified atom stereocenters. The fourth-order valence-corrected chi connectivity index (χ4v) is 2.95. The van der Waals surface area contributed by atoms with Crippen molar-refractivity contribution in [3.05, 3.63) is 29.3 Å². The summed E-state index contributed by atoms with van der Waals surface area (Å²) >= 11 is 5.70. The van der Waals surface area contributed by atoms with Gasteiger partial charge in [-0.3, -0.25) is 9.69 Å². The van der Waals surface area contributed by atoms with Gasteiger partial charge in [-0.05, 0) is 24.3 Å². The van der Waals surface area contributed by atoms with E-state index in [1.807, 2.05) is 0 Å². The van der Waals surface area contributed by atoms with Crippen molar-refractivity contribution in [2.24, 2.45) is 0 Å². The standard InChI is InChI=1S/C13H14ClNO4S/c1-2-7-15(10-13(16)17)8-9-20(18,19)12-5-3-11(14)4-6-12/h1,3-6H,7-10H2,(H,16,17). The number of nitrogens with zero attached hydrogens (tertiary/aromatic N) is 1. The molecule has 0 spiro atoms. The van der Waals surface area contributed by atoms with Crippen molar-refractivity contribution >= 4 is 27.4 Å². The van der Waals surface area contributed by atoms with Crippen molar-refractivity contribution in [1.29, 1.82) is 0 Å². The Morgan fingerprint density at radius 2 is 1.95 bits per heavy atom. The number of carboxylic acid groups (broad SMARTS) is 1. The van der Waals surface area contributed by atoms with E-state index in [0.29, 0.717) is 5.02 Å². The first-order chi connectivity index (χ1) is 9.35. The Kier molecular flexibility index (Phi) is 6.02. The summed E-state index contributed by atoms with van der Waals surface area (Å²) in [5.41, 5.74) is 0. The van der Waals surface area contributed by atoms with E-state index in [-0.39, 0.29) is 30.3 Å². The number of carbonyl (C=O) groups is 1. The number of benzene rings is 1. The van der Waals surface area contributed by atoms with E-state index in [9.17, 15) is 13.2 Å². The lowest BCUT2D eigenvalue weighted by molar-refractivity contribution is -0.138. The molecule has 0 heterocycles. The monoisotopic (exact) mass is 315 g/mol. The molecule has 1 aromatic carbocycles. The van der Waals surface area contributed by atoms with Crippen LogP contribution in [0.25, 0.3) is 0 Å². The van der Waals surface area contributed by atoms with E-state index >= 15 is 0 Å². The lowest BCUT2D eigenvalue weighted by atomic mass is 10.4. The van der Waals surface area contributed by atoms with E-state index in [1.165, 1.54) is 29.2 Å². The van der Waals surface area contributed by atoms with Crippen LogP contribution in [-0.4, -0.2) is 49.8 Å². The molecule has 0 fully saturated rings. The molecule has 0 aliphatic carbocycles. The third-order valence-corrected chi connectivity index (χ3v) is 4.49. The van der Waals surface area contributed by atoms with E-state index in [4.69, 9.17) is 23.1 Å². The van der Waals surface area contributed by atoms with Gasteiger partial charge in [-0.1, -0.05) is 17.5 Å². The minimum Gasteiger partial charge on any atom is -0.480 e. The van der Waals surface area contributed by atoms with Crippen molar-refractivity contribution in [2.45, 2.75) is 4.90 Å². The zero-order chi connectivity index (χ0) is 15.2. The Morgan fingerprint density at radius 1 is 1.35 bits per heavy atom. The highest BCUT2D eigenvalue weighted by Crippen LogP contribution is 2.15. The lowest BCUT2D eigenvalue weighted by Gasteiger charge is -2.17. The van der Waals surface area contributed by atoms with Crippen LogP contribution < -0.4 is 0 Å². The van der Waals surface area contributed by atoms with Gasteiger partial charge in [-0.25, -0.2) is 8.42 Å². The first-order valence-corrected chi connectivity index (χ1v) is 7.74. The Morgan fingerprint density at radius 3 is 2.45 bits per heavy atom. The second-order valence-electron chi connectivity index (χ2n) is 4.08. The number of aliphatic carboxylic acids is 1. The van der Waals surface area contributed by atoms with Gasteiger partial charge in [0.25, 0.3) is 0 Å². The van der Waals surface area contributed by atoms with Crippen molar-refractivity contribution < 1.29 is 18.3 Å². The molecule has 1 N–H and O–H groups in total. The molecule has 1 aromatic rings. The van der Waals surface area contributed by atoms with E-state index in [2.05, 4.69) is 5.92 Å². The molecule has 0 aromatic heterocycles. The largest absolute Gasteiger partial charge is 0.480 e. The number of hydrogen-bond acceptors (Lipinski definition) is 4. The summed E-state index contributed by atoms with van der Waals surface area (Å²) in [6.07, 6.45) is 5.12. The second-order valence-corrected chi connectivity index (χ2v) is 6.63. The zero-order valence-corrected chi connectivity index (χ0v) is 12.2. The summed E-state index contributed by atoms with van der Waals surface area (Å²) < 4.78 is 24.1. The summed E-state index contributed by atoms with van der Waals surface area (Å²) in [6.45, 7) is -0.149. The van der Waals surface area contributed by atoms with Gasteiger partial charge in [0.05, 0.1) is 23.7 Å². The van der Waals surface area contributed by atoms with Gasteiger partial charge >= 0.3 is 5.97 Å². The highest BCUT2D eigenvalue weighted by molar-refractivity contribution is 7.91. The molecule has 0 bridgehead atoms. The molecular formula is C13H14ClNO4S. The van der Waals surface area contributed by atoms with Crippen molar-refractivity contribution in [3.63, 3.8) is 0 Å². The fourth-order valence-electron chi connectivity index (χ4n) is 1.54. The highest BCUT2D eigenvalue weighted by Gasteiger charge is 2.17. The number of terminal acetylenes is 1. The molecule has 0 aliphatic heterocycles. The summed E-state index contributed by atoms with van der Waals surface area (Å²) in [5.74, 6) is 1.05. The molecule has 20 heavy (non-hydrogen) atoms. The van der Waals surface area contributed by atoms with Crippen LogP contribution in [0, 0.1) is 12.3 Å². The first kappa shape index (κ1) is 16.5. The molecule has 7 heteroatoms. The summed E-state index contributed by atoms with van der Waals surface area (Å²) in [5, 5.41) is 9.16. The van der Waals surface area contributed by atoms with Crippen molar-refractivity contribution in [1.82, 2.24) is 4.90 Å². The molecular weight excluding hydrogens is 302 g/mol. The molecule has 0 radical (unpaired) electrons. The third-order valence-electron chi connectivity index (χ3n) is 2.52. The number of sulfone groups is 1. The molecule has 1 rings (SSSR count). The average Bonchev–Trinajstić information content (AvgIpc) is 2.36. The van der Waals surface area contributed by atoms with Crippen LogP contribution in [0.2, 0.25) is 5.02 Å². The minimum atomic E-state index is -3.49. The van der Waals surface area contributed by atoms with Crippen LogP contribution in [0.15, 0.2) is 29.2 Å². The molecule has 0 amide bonds. The number of rotatable bonds is 7. The Labute approximate surface area is 123 Å². The maximum atomic E-state index is 12.1. The predicted molar refractivity (Wildman–Crippen MR) is 76.4 cm³/mol. The molecule has 0 saturated heterocycles. The van der Waals surface area contributed by atoms with Crippen molar-refractivity contribution in [3.8, 4) is 12.3 Å². The maximum absolute atomic E-state index is 12.1. The van der Waals surface area contributed by atoms with Gasteiger partial charge in [-0.2, -0.15) is 0 Å². The van der Waals surface area contributed by atoms with Crippen LogP contribution in [-0.2, 0) is 14.6 Å². The summed E-state index contributed by atoms with van der Waals surface area (Å²) in [4.78, 5) is 12.2. The third kappa shape index (κ3) is 5.21. The smallest absolute Gasteiger partial charge is 0.317 e. The van der Waals surface area contributed by atoms with E-state index < -0.39 is 15.8 Å². The number of hydrogen-bond donors (Lipinski definition) is 1. The second kappa shape index (κ2) is 7.29. The number of halogens is 1. The fraction of sp³-hybridized carbons (Fsp3) is 0.308. The Balaban J connectivity index is 2.73. The number of carboxylic acids is 1. The molecule has 0 atom stereocenters. The summed E-state index contributed by atoms with van der Waals surface area (Å²) in [6, 6.07) is 5.82. The molecule has 0 aliphatic rings. The van der Waals surface area contributed by atoms with Crippen LogP contribution in [0.4, 0.5) is 0 Å². The Bertz CT molecular complexity index is 604. The van der Waals surface area contributed by atoms with Gasteiger partial charge in [0.1, 0.15) is 0 Å². The van der Waals surface area contributed by atoms with Gasteiger partial charge in [0.15, 0.2) is 9.84 Å². The van der Waals surface area contributed by atoms with Crippen LogP contribution >= 0.6 is 11.6 Å². The maximum Gasteiger partial charge on any atom is 0.317 e. The Hall–Kier alpha value is -1.55. The quantitative estimate of drug-likeness (QED) is 0.764. The zero-order valence-electron chi connectivity index (χ0n) is 10.6. The molecule has 0 saturated carbocycles. The van der Waals surface area contributed by atoms with Gasteiger partial charge < -0.3 is 5.11 Å². The van der Waals surface area contributed by atoms with Gasteiger partial charge in [0, 0.05) is 11.6 Å². The first-order valence-electron chi connectivity index (χ1n) is 5.71. The van der Waals surface area contributed by atoms with Gasteiger partial charge in [-0.15, -0.1) is 6.42 Å². The van der Waals surface area contributed by atoms with E-state index in [0.717, 1.165) is 0 Å². The summed E-state index contributed by atoms with van der Waals surface area (Å²) in [7, 11) is -3.49.